The molecule has 7 nitrogen and oxygen atoms in total. The van der Waals surface area contributed by atoms with E-state index in [0.717, 1.165) is 24.0 Å². The summed E-state index contributed by atoms with van der Waals surface area (Å²) in [4.78, 5) is 0. The van der Waals surface area contributed by atoms with Gasteiger partial charge in [0.25, 0.3) is 0 Å². The van der Waals surface area contributed by atoms with Crippen molar-refractivity contribution in [2.75, 3.05) is 14.1 Å². The number of aryl methyl sites for hydroxylation is 2. The average Bonchev–Trinajstić information content (AvgIpc) is 2.91. The lowest BCUT2D eigenvalue weighted by Crippen LogP contribution is -2.18. The van der Waals surface area contributed by atoms with Gasteiger partial charge in [0.1, 0.15) is 0 Å². The van der Waals surface area contributed by atoms with Crippen LogP contribution in [0.5, 0.6) is 23.0 Å². The fourth-order valence-electron chi connectivity index (χ4n) is 4.23. The molecule has 2 unspecified atom stereocenters. The van der Waals surface area contributed by atoms with Crippen LogP contribution in [-0.4, -0.2) is 40.0 Å². The number of nitrogens with one attached hydrogen (secondary N) is 2. The summed E-state index contributed by atoms with van der Waals surface area (Å²) < 4.78 is 0. The molecule has 0 spiro atoms. The summed E-state index contributed by atoms with van der Waals surface area (Å²) in [5, 5.41) is 44.2. The predicted molar refractivity (Wildman–Crippen MR) is 177 cm³/mol. The zero-order valence-electron chi connectivity index (χ0n) is 23.8. The molecule has 0 radical (unpaired) electrons. The second-order valence-corrected chi connectivity index (χ2v) is 9.56. The van der Waals surface area contributed by atoms with Crippen LogP contribution in [0, 0.1) is 13.8 Å². The third kappa shape index (κ3) is 11.4. The minimum Gasteiger partial charge on any atom is -0.504 e. The molecule has 41 heavy (non-hydrogen) atoms. The number of aromatic hydroxyl groups is 4. The van der Waals surface area contributed by atoms with E-state index in [1.54, 1.807) is 12.1 Å². The van der Waals surface area contributed by atoms with Crippen LogP contribution in [0.4, 0.5) is 0 Å². The lowest BCUT2D eigenvalue weighted by molar-refractivity contribution is 0.402. The standard InChI is InChI=1S/2C16H19NO2.2BrH.H2O/c2*1-11-3-6-13(7-4-11)14(17-2)9-12-5-8-15(18)16(19)10-12;;;/h2*3-8,10,14,17-19H,9H2,1-2H3;2*1H;1H2. The van der Waals surface area contributed by atoms with Crippen molar-refractivity contribution in [1.82, 2.24) is 10.6 Å². The number of hydrogen-bond donors (Lipinski definition) is 6. The zero-order valence-corrected chi connectivity index (χ0v) is 27.2. The molecule has 0 fully saturated rings. The van der Waals surface area contributed by atoms with Crippen molar-refractivity contribution >= 4 is 34.0 Å². The molecule has 0 saturated carbocycles. The van der Waals surface area contributed by atoms with Gasteiger partial charge in [0.15, 0.2) is 23.0 Å². The minimum absolute atomic E-state index is 0. The van der Waals surface area contributed by atoms with Crippen molar-refractivity contribution < 1.29 is 25.9 Å². The number of phenolic OH excluding ortho intramolecular Hbond substituents is 4. The Bertz CT molecular complexity index is 1220. The van der Waals surface area contributed by atoms with Crippen LogP contribution < -0.4 is 10.6 Å². The van der Waals surface area contributed by atoms with Crippen LogP contribution in [-0.2, 0) is 12.8 Å². The van der Waals surface area contributed by atoms with Crippen LogP contribution in [0.2, 0.25) is 0 Å². The molecule has 4 aromatic rings. The maximum absolute atomic E-state index is 9.52. The smallest absolute Gasteiger partial charge is 0.157 e. The van der Waals surface area contributed by atoms with Crippen LogP contribution in [0.25, 0.3) is 0 Å². The second kappa shape index (κ2) is 18.4. The van der Waals surface area contributed by atoms with Crippen molar-refractivity contribution in [2.24, 2.45) is 0 Å². The summed E-state index contributed by atoms with van der Waals surface area (Å²) in [6, 6.07) is 27.1. The molecule has 224 valence electrons. The highest BCUT2D eigenvalue weighted by Gasteiger charge is 2.12. The zero-order chi connectivity index (χ0) is 27.7. The summed E-state index contributed by atoms with van der Waals surface area (Å²) in [5.41, 5.74) is 6.86. The van der Waals surface area contributed by atoms with Gasteiger partial charge in [-0.2, -0.15) is 0 Å². The minimum atomic E-state index is -0.0832. The maximum Gasteiger partial charge on any atom is 0.157 e. The topological polar surface area (TPSA) is 136 Å². The SMILES string of the molecule is Br.Br.CNC(Cc1ccc(O)c(O)c1)c1ccc(C)cc1.CNC(Cc1ccc(O)c(O)c1)c1ccc(C)cc1.O. The Labute approximate surface area is 263 Å². The largest absolute Gasteiger partial charge is 0.504 e. The number of halogens is 2. The summed E-state index contributed by atoms with van der Waals surface area (Å²) in [7, 11) is 3.84. The second-order valence-electron chi connectivity index (χ2n) is 9.56. The molecule has 4 aromatic carbocycles. The first-order valence-electron chi connectivity index (χ1n) is 12.7. The molecule has 0 aliphatic carbocycles. The predicted octanol–water partition coefficient (Wildman–Crippen LogP) is 6.15. The van der Waals surface area contributed by atoms with Gasteiger partial charge < -0.3 is 36.5 Å². The molecule has 0 saturated heterocycles. The van der Waals surface area contributed by atoms with E-state index in [9.17, 15) is 20.4 Å². The van der Waals surface area contributed by atoms with Crippen molar-refractivity contribution in [3.05, 3.63) is 118 Å². The number of hydrogen-bond acceptors (Lipinski definition) is 6. The summed E-state index contributed by atoms with van der Waals surface area (Å²) in [6.45, 7) is 4.13. The summed E-state index contributed by atoms with van der Waals surface area (Å²) in [5.74, 6) is -0.312. The molecular formula is C32H42Br2N2O5. The molecule has 8 N–H and O–H groups in total. The highest BCUT2D eigenvalue weighted by molar-refractivity contribution is 8.93. The van der Waals surface area contributed by atoms with Crippen LogP contribution >= 0.6 is 34.0 Å². The van der Waals surface area contributed by atoms with E-state index in [2.05, 4.69) is 73.0 Å². The number of rotatable bonds is 8. The highest BCUT2D eigenvalue weighted by Crippen LogP contribution is 2.28. The Morgan fingerprint density at radius 2 is 0.829 bits per heavy atom. The number of phenols is 4. The number of likely N-dealkylation sites (N-methyl/N-ethyl adjacent to an activating group) is 2. The van der Waals surface area contributed by atoms with Gasteiger partial charge in [0.2, 0.25) is 0 Å². The normalized spacial score (nSPS) is 11.4. The Balaban J connectivity index is 0.000000727. The van der Waals surface area contributed by atoms with Gasteiger partial charge >= 0.3 is 0 Å². The molecule has 9 heteroatoms. The lowest BCUT2D eigenvalue weighted by atomic mass is 9.98. The fourth-order valence-corrected chi connectivity index (χ4v) is 4.23. The third-order valence-corrected chi connectivity index (χ3v) is 6.62. The van der Waals surface area contributed by atoms with Gasteiger partial charge in [0.05, 0.1) is 0 Å². The molecular weight excluding hydrogens is 652 g/mol. The van der Waals surface area contributed by atoms with Crippen LogP contribution in [0.15, 0.2) is 84.9 Å². The van der Waals surface area contributed by atoms with Crippen molar-refractivity contribution in [3.63, 3.8) is 0 Å². The quantitative estimate of drug-likeness (QED) is 0.123. The highest BCUT2D eigenvalue weighted by atomic mass is 79.9. The monoisotopic (exact) mass is 692 g/mol. The maximum atomic E-state index is 9.52. The van der Waals surface area contributed by atoms with E-state index in [1.165, 1.54) is 34.4 Å². The number of benzene rings is 4. The first-order valence-corrected chi connectivity index (χ1v) is 12.7. The van der Waals surface area contributed by atoms with Crippen LogP contribution in [0.1, 0.15) is 45.5 Å². The van der Waals surface area contributed by atoms with E-state index in [1.807, 2.05) is 26.2 Å². The Morgan fingerprint density at radius 3 is 1.10 bits per heavy atom. The molecule has 0 aliphatic heterocycles. The van der Waals surface area contributed by atoms with Gasteiger partial charge in [-0.3, -0.25) is 0 Å². The van der Waals surface area contributed by atoms with Gasteiger partial charge in [-0.1, -0.05) is 71.8 Å². The molecule has 0 aliphatic rings. The summed E-state index contributed by atoms with van der Waals surface area (Å²) >= 11 is 0. The molecule has 0 bridgehead atoms. The van der Waals surface area contributed by atoms with Crippen molar-refractivity contribution in [1.29, 1.82) is 0 Å². The van der Waals surface area contributed by atoms with Crippen LogP contribution in [0.3, 0.4) is 0 Å². The van der Waals surface area contributed by atoms with Gasteiger partial charge in [-0.15, -0.1) is 34.0 Å². The molecule has 0 heterocycles. The van der Waals surface area contributed by atoms with Gasteiger partial charge in [-0.05, 0) is 87.3 Å². The Hall–Kier alpha value is -3.08. The van der Waals surface area contributed by atoms with E-state index < -0.39 is 0 Å². The first kappa shape index (κ1) is 37.9. The molecule has 0 amide bonds. The Kier molecular flexibility index (Phi) is 17.0. The fraction of sp³-hybridized carbons (Fsp3) is 0.250. The van der Waals surface area contributed by atoms with Crippen molar-refractivity contribution in [3.8, 4) is 23.0 Å². The molecule has 2 atom stereocenters. The van der Waals surface area contributed by atoms with Gasteiger partial charge in [-0.25, -0.2) is 0 Å². The lowest BCUT2D eigenvalue weighted by Gasteiger charge is -2.17. The van der Waals surface area contributed by atoms with E-state index in [-0.39, 0.29) is 74.5 Å². The Morgan fingerprint density at radius 1 is 0.512 bits per heavy atom. The van der Waals surface area contributed by atoms with E-state index >= 15 is 0 Å². The van der Waals surface area contributed by atoms with Crippen molar-refractivity contribution in [2.45, 2.75) is 38.8 Å². The van der Waals surface area contributed by atoms with E-state index in [0.29, 0.717) is 0 Å². The molecule has 0 aromatic heterocycles. The van der Waals surface area contributed by atoms with Gasteiger partial charge in [0, 0.05) is 12.1 Å². The average molecular weight is 695 g/mol. The summed E-state index contributed by atoms with van der Waals surface area (Å²) in [6.07, 6.45) is 1.51. The molecule has 4 rings (SSSR count). The third-order valence-electron chi connectivity index (χ3n) is 6.62. The first-order chi connectivity index (χ1) is 18.2. The van der Waals surface area contributed by atoms with E-state index in [4.69, 9.17) is 0 Å².